The Hall–Kier alpha value is -2.52. The molecular formula is C17H16F2N2O4S. The van der Waals surface area contributed by atoms with Crippen molar-refractivity contribution in [3.05, 3.63) is 46.7 Å². The summed E-state index contributed by atoms with van der Waals surface area (Å²) in [6.07, 6.45) is 0. The van der Waals surface area contributed by atoms with Gasteiger partial charge in [-0.3, -0.25) is 9.59 Å². The zero-order valence-corrected chi connectivity index (χ0v) is 14.4. The lowest BCUT2D eigenvalue weighted by molar-refractivity contribution is -0.153. The number of alkyl halides is 2. The normalized spacial score (nSPS) is 17.4. The zero-order chi connectivity index (χ0) is 18.5. The number of nitrogens with one attached hydrogen (secondary N) is 1. The van der Waals surface area contributed by atoms with Crippen molar-refractivity contribution in [1.82, 2.24) is 4.90 Å². The van der Waals surface area contributed by atoms with E-state index in [2.05, 4.69) is 10.1 Å². The van der Waals surface area contributed by atoms with Gasteiger partial charge in [-0.15, -0.1) is 11.3 Å². The van der Waals surface area contributed by atoms with Gasteiger partial charge in [0, 0.05) is 16.6 Å². The molecular weight excluding hydrogens is 366 g/mol. The highest BCUT2D eigenvalue weighted by molar-refractivity contribution is 7.09. The van der Waals surface area contributed by atoms with Crippen LogP contribution in [0.15, 0.2) is 41.8 Å². The first-order valence-electron chi connectivity index (χ1n) is 7.78. The summed E-state index contributed by atoms with van der Waals surface area (Å²) in [5.74, 6) is -0.799. The first kappa shape index (κ1) is 18.3. The van der Waals surface area contributed by atoms with Crippen LogP contribution in [0.2, 0.25) is 0 Å². The molecule has 0 spiro atoms. The summed E-state index contributed by atoms with van der Waals surface area (Å²) in [7, 11) is 0. The van der Waals surface area contributed by atoms with Crippen LogP contribution < -0.4 is 10.1 Å². The van der Waals surface area contributed by atoms with Crippen LogP contribution in [-0.2, 0) is 20.9 Å². The van der Waals surface area contributed by atoms with Crippen molar-refractivity contribution in [3.8, 4) is 5.75 Å². The molecule has 1 aromatic heterocycles. The van der Waals surface area contributed by atoms with E-state index in [0.29, 0.717) is 12.2 Å². The van der Waals surface area contributed by atoms with E-state index >= 15 is 0 Å². The summed E-state index contributed by atoms with van der Waals surface area (Å²) in [4.78, 5) is 27.2. The Morgan fingerprint density at radius 2 is 2.23 bits per heavy atom. The molecule has 1 fully saturated rings. The molecule has 2 heterocycles. The highest BCUT2D eigenvalue weighted by Gasteiger charge is 2.34. The van der Waals surface area contributed by atoms with Gasteiger partial charge >= 0.3 is 6.61 Å². The number of carbonyl (C=O) groups is 2. The Bertz CT molecular complexity index is 770. The van der Waals surface area contributed by atoms with E-state index in [0.717, 1.165) is 4.88 Å². The van der Waals surface area contributed by atoms with Gasteiger partial charge in [0.15, 0.2) is 0 Å². The predicted molar refractivity (Wildman–Crippen MR) is 91.2 cm³/mol. The number of hydrogen-bond donors (Lipinski definition) is 1. The molecule has 1 saturated heterocycles. The average molecular weight is 382 g/mol. The maximum atomic E-state index is 12.6. The lowest BCUT2D eigenvalue weighted by Gasteiger charge is -2.34. The molecule has 1 aromatic carbocycles. The molecule has 0 saturated carbocycles. The summed E-state index contributed by atoms with van der Waals surface area (Å²) < 4.78 is 34.1. The van der Waals surface area contributed by atoms with Crippen LogP contribution in [0.25, 0.3) is 0 Å². The molecule has 1 N–H and O–H groups in total. The summed E-state index contributed by atoms with van der Waals surface area (Å²) in [6.45, 7) is -2.65. The van der Waals surface area contributed by atoms with Crippen LogP contribution in [0.5, 0.6) is 5.75 Å². The predicted octanol–water partition coefficient (Wildman–Crippen LogP) is 2.72. The molecule has 3 rings (SSSR count). The molecule has 0 bridgehead atoms. The highest BCUT2D eigenvalue weighted by atomic mass is 32.1. The van der Waals surface area contributed by atoms with Gasteiger partial charge in [-0.2, -0.15) is 8.78 Å². The summed E-state index contributed by atoms with van der Waals surface area (Å²) in [6, 6.07) is 8.63. The molecule has 6 nitrogen and oxygen atoms in total. The minimum absolute atomic E-state index is 0.0655. The van der Waals surface area contributed by atoms with Crippen molar-refractivity contribution in [1.29, 1.82) is 0 Å². The van der Waals surface area contributed by atoms with Gasteiger partial charge < -0.3 is 19.7 Å². The Morgan fingerprint density at radius 1 is 1.38 bits per heavy atom. The van der Waals surface area contributed by atoms with Crippen molar-refractivity contribution in [2.45, 2.75) is 19.2 Å². The lowest BCUT2D eigenvalue weighted by atomic mass is 10.2. The number of nitrogens with zero attached hydrogens (tertiary/aromatic N) is 1. The van der Waals surface area contributed by atoms with E-state index in [4.69, 9.17) is 4.74 Å². The smallest absolute Gasteiger partial charge is 0.387 e. The molecule has 1 atom stereocenters. The van der Waals surface area contributed by atoms with Gasteiger partial charge in [0.1, 0.15) is 18.4 Å². The zero-order valence-electron chi connectivity index (χ0n) is 13.6. The van der Waals surface area contributed by atoms with E-state index in [-0.39, 0.29) is 24.9 Å². The van der Waals surface area contributed by atoms with Gasteiger partial charge in [0.05, 0.1) is 13.2 Å². The van der Waals surface area contributed by atoms with E-state index < -0.39 is 18.6 Å². The quantitative estimate of drug-likeness (QED) is 0.834. The van der Waals surface area contributed by atoms with E-state index in [1.807, 2.05) is 17.5 Å². The van der Waals surface area contributed by atoms with Crippen LogP contribution in [0, 0.1) is 0 Å². The fraction of sp³-hybridized carbons (Fsp3) is 0.294. The number of halogens is 2. The Morgan fingerprint density at radius 3 is 2.96 bits per heavy atom. The van der Waals surface area contributed by atoms with Gasteiger partial charge in [0.25, 0.3) is 0 Å². The number of thiophene rings is 1. The highest BCUT2D eigenvalue weighted by Crippen LogP contribution is 2.21. The van der Waals surface area contributed by atoms with Crippen molar-refractivity contribution >= 4 is 28.8 Å². The molecule has 26 heavy (non-hydrogen) atoms. The van der Waals surface area contributed by atoms with E-state index in [1.54, 1.807) is 6.07 Å². The first-order chi connectivity index (χ1) is 12.5. The third-order valence-electron chi connectivity index (χ3n) is 3.73. The van der Waals surface area contributed by atoms with Crippen LogP contribution in [0.4, 0.5) is 14.5 Å². The molecule has 1 unspecified atom stereocenters. The second-order valence-electron chi connectivity index (χ2n) is 5.53. The molecule has 138 valence electrons. The SMILES string of the molecule is O=C(Nc1cccc(OC(F)F)c1)C1COCC(=O)N1Cc1cccs1. The molecule has 9 heteroatoms. The molecule has 2 amide bonds. The minimum Gasteiger partial charge on any atom is -0.435 e. The van der Waals surface area contributed by atoms with Crippen LogP contribution in [0.1, 0.15) is 4.88 Å². The molecule has 1 aliphatic heterocycles. The monoisotopic (exact) mass is 382 g/mol. The fourth-order valence-electron chi connectivity index (χ4n) is 2.57. The van der Waals surface area contributed by atoms with Crippen molar-refractivity contribution in [2.24, 2.45) is 0 Å². The Kier molecular flexibility index (Phi) is 5.79. The second-order valence-corrected chi connectivity index (χ2v) is 6.56. The Labute approximate surface area is 152 Å². The topological polar surface area (TPSA) is 67.9 Å². The second kappa shape index (κ2) is 8.24. The maximum absolute atomic E-state index is 12.6. The third kappa shape index (κ3) is 4.55. The molecule has 0 aliphatic carbocycles. The summed E-state index contributed by atoms with van der Waals surface area (Å²) in [5.41, 5.74) is 0.294. The van der Waals surface area contributed by atoms with Crippen LogP contribution >= 0.6 is 11.3 Å². The number of ether oxygens (including phenoxy) is 2. The fourth-order valence-corrected chi connectivity index (χ4v) is 3.27. The number of anilines is 1. The van der Waals surface area contributed by atoms with Crippen molar-refractivity contribution < 1.29 is 27.8 Å². The van der Waals surface area contributed by atoms with Crippen LogP contribution in [0.3, 0.4) is 0 Å². The molecule has 1 aliphatic rings. The summed E-state index contributed by atoms with van der Waals surface area (Å²) in [5, 5.41) is 4.51. The molecule has 2 aromatic rings. The summed E-state index contributed by atoms with van der Waals surface area (Å²) >= 11 is 1.49. The minimum atomic E-state index is -2.95. The van der Waals surface area contributed by atoms with Gasteiger partial charge in [-0.1, -0.05) is 12.1 Å². The molecule has 0 radical (unpaired) electrons. The van der Waals surface area contributed by atoms with Gasteiger partial charge in [-0.05, 0) is 23.6 Å². The van der Waals surface area contributed by atoms with Crippen molar-refractivity contribution in [3.63, 3.8) is 0 Å². The van der Waals surface area contributed by atoms with Gasteiger partial charge in [-0.25, -0.2) is 0 Å². The third-order valence-corrected chi connectivity index (χ3v) is 4.59. The number of rotatable bonds is 6. The number of morpholine rings is 1. The maximum Gasteiger partial charge on any atom is 0.387 e. The van der Waals surface area contributed by atoms with Gasteiger partial charge in [0.2, 0.25) is 11.8 Å². The number of hydrogen-bond acceptors (Lipinski definition) is 5. The number of benzene rings is 1. The van der Waals surface area contributed by atoms with E-state index in [1.165, 1.54) is 34.4 Å². The largest absolute Gasteiger partial charge is 0.435 e. The van der Waals surface area contributed by atoms with Crippen LogP contribution in [-0.4, -0.2) is 42.6 Å². The van der Waals surface area contributed by atoms with Crippen molar-refractivity contribution in [2.75, 3.05) is 18.5 Å². The number of amides is 2. The standard InChI is InChI=1S/C17H16F2N2O4S/c18-17(19)25-12-4-1-3-11(7-12)20-16(23)14-9-24-10-15(22)21(14)8-13-5-2-6-26-13/h1-7,14,17H,8-10H2,(H,20,23). The Balaban J connectivity index is 1.71. The lowest BCUT2D eigenvalue weighted by Crippen LogP contribution is -2.54. The van der Waals surface area contributed by atoms with E-state index in [9.17, 15) is 18.4 Å². The first-order valence-corrected chi connectivity index (χ1v) is 8.66. The average Bonchev–Trinajstić information content (AvgIpc) is 3.09. The number of carbonyl (C=O) groups excluding carboxylic acids is 2.